The molecule has 5 aromatic rings. The van der Waals surface area contributed by atoms with Gasteiger partial charge in [0.2, 0.25) is 0 Å². The van der Waals surface area contributed by atoms with Crippen LogP contribution in [-0.2, 0) is 0 Å². The van der Waals surface area contributed by atoms with E-state index in [4.69, 9.17) is 4.42 Å². The maximum Gasteiger partial charge on any atom is 0.139 e. The molecule has 0 aliphatic heterocycles. The molecule has 6 rings (SSSR count). The summed E-state index contributed by atoms with van der Waals surface area (Å²) in [5, 5.41) is 5.08. The molecular weight excluding hydrogens is 291 g/mol. The summed E-state index contributed by atoms with van der Waals surface area (Å²) in [6.07, 6.45) is 0. The molecule has 1 aromatic heterocycles. The van der Waals surface area contributed by atoms with Crippen molar-refractivity contribution in [2.24, 2.45) is 0 Å². The summed E-state index contributed by atoms with van der Waals surface area (Å²) in [5.74, 6) is 0. The lowest BCUT2D eigenvalue weighted by molar-refractivity contribution is 0.669. The second kappa shape index (κ2) is 4.10. The molecule has 1 aliphatic carbocycles. The molecule has 0 unspecified atom stereocenters. The maximum atomic E-state index is 6.16. The first-order chi connectivity index (χ1) is 11.8. The predicted molar refractivity (Wildman–Crippen MR) is 104 cm³/mol. The Hall–Kier alpha value is -3.00. The van der Waals surface area contributed by atoms with Gasteiger partial charge in [0.1, 0.15) is 19.0 Å². The summed E-state index contributed by atoms with van der Waals surface area (Å²) in [6.45, 7) is 0. The van der Waals surface area contributed by atoms with Crippen LogP contribution in [-0.4, -0.2) is 7.85 Å². The van der Waals surface area contributed by atoms with Gasteiger partial charge in [-0.3, -0.25) is 0 Å². The molecule has 24 heavy (non-hydrogen) atoms. The molecule has 0 saturated heterocycles. The normalized spacial score (nSPS) is 12.3. The highest BCUT2D eigenvalue weighted by atomic mass is 16.3. The van der Waals surface area contributed by atoms with Crippen LogP contribution in [0.4, 0.5) is 0 Å². The molecule has 0 radical (unpaired) electrons. The van der Waals surface area contributed by atoms with Gasteiger partial charge < -0.3 is 4.42 Å². The second-order valence-corrected chi connectivity index (χ2v) is 6.67. The van der Waals surface area contributed by atoms with Crippen LogP contribution in [0, 0.1) is 0 Å². The van der Waals surface area contributed by atoms with Gasteiger partial charge in [-0.2, -0.15) is 0 Å². The van der Waals surface area contributed by atoms with Gasteiger partial charge >= 0.3 is 0 Å². The fraction of sp³-hybridized carbons (Fsp3) is 0. The number of para-hydroxylation sites is 1. The van der Waals surface area contributed by atoms with Gasteiger partial charge in [0.25, 0.3) is 0 Å². The number of benzene rings is 4. The summed E-state index contributed by atoms with van der Waals surface area (Å²) >= 11 is 0. The third kappa shape index (κ3) is 1.37. The van der Waals surface area contributed by atoms with Crippen molar-refractivity contribution in [3.8, 4) is 22.3 Å². The third-order valence-corrected chi connectivity index (χ3v) is 5.26. The quantitative estimate of drug-likeness (QED) is 0.372. The Labute approximate surface area is 139 Å². The van der Waals surface area contributed by atoms with E-state index in [9.17, 15) is 0 Å². The summed E-state index contributed by atoms with van der Waals surface area (Å²) in [6, 6.07) is 23.9. The lowest BCUT2D eigenvalue weighted by Gasteiger charge is -2.03. The van der Waals surface area contributed by atoms with Crippen LogP contribution in [0.3, 0.4) is 0 Å². The smallest absolute Gasteiger partial charge is 0.139 e. The minimum absolute atomic E-state index is 0.959. The van der Waals surface area contributed by atoms with Crippen molar-refractivity contribution < 1.29 is 4.42 Å². The molecule has 110 valence electrons. The Bertz CT molecular complexity index is 1310. The number of fused-ring (bicyclic) bond motifs is 7. The van der Waals surface area contributed by atoms with Crippen LogP contribution in [0.15, 0.2) is 71.1 Å². The molecule has 0 saturated carbocycles. The second-order valence-electron chi connectivity index (χ2n) is 6.67. The van der Waals surface area contributed by atoms with E-state index in [1.54, 1.807) is 0 Å². The molecule has 0 N–H and O–H groups in total. The van der Waals surface area contributed by atoms with Crippen molar-refractivity contribution in [3.05, 3.63) is 66.7 Å². The summed E-state index contributed by atoms with van der Waals surface area (Å²) in [4.78, 5) is 0. The number of hydrogen-bond donors (Lipinski definition) is 0. The van der Waals surface area contributed by atoms with E-state index in [2.05, 4.69) is 62.4 Å². The Kier molecular flexibility index (Phi) is 2.12. The SMILES string of the molecule is Bc1ccc2c(c1)-c1cccc3c1c-2cc1oc2ccccc2c13. The Balaban J connectivity index is 1.91. The minimum atomic E-state index is 0.959. The number of furan rings is 1. The zero-order valence-corrected chi connectivity index (χ0v) is 13.3. The van der Waals surface area contributed by atoms with Crippen molar-refractivity contribution in [1.29, 1.82) is 0 Å². The van der Waals surface area contributed by atoms with E-state index in [0.717, 1.165) is 11.2 Å². The standard InChI is InChI=1S/C22H13BO/c23-12-8-9-13-17(10-12)14-5-3-6-16-21(14)18(13)11-20-22(16)15-4-1-2-7-19(15)24-20/h1-11H,23H2. The zero-order chi connectivity index (χ0) is 15.8. The molecule has 0 atom stereocenters. The van der Waals surface area contributed by atoms with Crippen LogP contribution in [0.2, 0.25) is 0 Å². The van der Waals surface area contributed by atoms with Gasteiger partial charge in [-0.15, -0.1) is 0 Å². The first-order valence-electron chi connectivity index (χ1n) is 8.29. The molecule has 0 amide bonds. The van der Waals surface area contributed by atoms with Gasteiger partial charge in [0.05, 0.1) is 0 Å². The summed E-state index contributed by atoms with van der Waals surface area (Å²) in [7, 11) is 2.16. The fourth-order valence-corrected chi connectivity index (χ4v) is 4.25. The molecule has 0 fully saturated rings. The Morgan fingerprint density at radius 2 is 1.46 bits per heavy atom. The fourth-order valence-electron chi connectivity index (χ4n) is 4.25. The lowest BCUT2D eigenvalue weighted by Crippen LogP contribution is -2.00. The molecule has 1 nitrogen and oxygen atoms in total. The van der Waals surface area contributed by atoms with Crippen molar-refractivity contribution in [2.45, 2.75) is 0 Å². The largest absolute Gasteiger partial charge is 0.456 e. The maximum absolute atomic E-state index is 6.16. The van der Waals surface area contributed by atoms with Crippen LogP contribution in [0.1, 0.15) is 0 Å². The predicted octanol–water partition coefficient (Wildman–Crippen LogP) is 4.65. The van der Waals surface area contributed by atoms with Crippen LogP contribution in [0.25, 0.3) is 55.0 Å². The highest BCUT2D eigenvalue weighted by Gasteiger charge is 2.24. The third-order valence-electron chi connectivity index (χ3n) is 5.26. The van der Waals surface area contributed by atoms with Gasteiger partial charge in [-0.05, 0) is 45.2 Å². The molecule has 1 aliphatic rings. The molecular formula is C22H13BO. The van der Waals surface area contributed by atoms with Crippen molar-refractivity contribution in [1.82, 2.24) is 0 Å². The lowest BCUT2D eigenvalue weighted by atomic mass is 9.91. The van der Waals surface area contributed by atoms with Gasteiger partial charge in [-0.1, -0.05) is 60.1 Å². The number of hydrogen-bond acceptors (Lipinski definition) is 1. The summed E-state index contributed by atoms with van der Waals surface area (Å²) < 4.78 is 6.16. The first-order valence-corrected chi connectivity index (χ1v) is 8.29. The Morgan fingerprint density at radius 3 is 2.42 bits per heavy atom. The molecule has 2 heteroatoms. The van der Waals surface area contributed by atoms with E-state index in [0.29, 0.717) is 0 Å². The van der Waals surface area contributed by atoms with E-state index >= 15 is 0 Å². The number of rotatable bonds is 0. The van der Waals surface area contributed by atoms with Crippen molar-refractivity contribution in [2.75, 3.05) is 0 Å². The van der Waals surface area contributed by atoms with Crippen LogP contribution >= 0.6 is 0 Å². The molecule has 4 aromatic carbocycles. The Morgan fingerprint density at radius 1 is 0.583 bits per heavy atom. The van der Waals surface area contributed by atoms with E-state index in [1.807, 2.05) is 12.1 Å². The van der Waals surface area contributed by atoms with E-state index in [1.165, 1.54) is 49.3 Å². The zero-order valence-electron chi connectivity index (χ0n) is 13.3. The minimum Gasteiger partial charge on any atom is -0.456 e. The monoisotopic (exact) mass is 304 g/mol. The molecule has 0 spiro atoms. The van der Waals surface area contributed by atoms with Gasteiger partial charge in [-0.25, -0.2) is 0 Å². The van der Waals surface area contributed by atoms with E-state index in [-0.39, 0.29) is 0 Å². The van der Waals surface area contributed by atoms with Crippen LogP contribution < -0.4 is 5.46 Å². The van der Waals surface area contributed by atoms with Crippen molar-refractivity contribution in [3.63, 3.8) is 0 Å². The van der Waals surface area contributed by atoms with Gasteiger partial charge in [0, 0.05) is 10.8 Å². The molecule has 0 bridgehead atoms. The highest BCUT2D eigenvalue weighted by molar-refractivity contribution is 6.34. The van der Waals surface area contributed by atoms with Gasteiger partial charge in [0.15, 0.2) is 0 Å². The molecule has 1 heterocycles. The average molecular weight is 304 g/mol. The van der Waals surface area contributed by atoms with Crippen molar-refractivity contribution >= 4 is 46.0 Å². The van der Waals surface area contributed by atoms with Crippen LogP contribution in [0.5, 0.6) is 0 Å². The highest BCUT2D eigenvalue weighted by Crippen LogP contribution is 2.50. The topological polar surface area (TPSA) is 13.1 Å². The van der Waals surface area contributed by atoms with E-state index < -0.39 is 0 Å². The summed E-state index contributed by atoms with van der Waals surface area (Å²) in [5.41, 5.74) is 8.52. The average Bonchev–Trinajstić information content (AvgIpc) is 3.13. The first kappa shape index (κ1) is 12.4.